The van der Waals surface area contributed by atoms with Gasteiger partial charge in [-0.3, -0.25) is 25.2 Å². The first-order chi connectivity index (χ1) is 23.6. The quantitative estimate of drug-likeness (QED) is 0.141. The summed E-state index contributed by atoms with van der Waals surface area (Å²) in [5.74, 6) is -0.433. The summed E-state index contributed by atoms with van der Waals surface area (Å²) in [6, 6.07) is 26.4. The van der Waals surface area contributed by atoms with Gasteiger partial charge in [0.05, 0.1) is 11.1 Å². The van der Waals surface area contributed by atoms with Crippen molar-refractivity contribution in [1.29, 1.82) is 0 Å². The highest BCUT2D eigenvalue weighted by atomic mass is 16.6. The van der Waals surface area contributed by atoms with Crippen molar-refractivity contribution >= 4 is 57.7 Å². The van der Waals surface area contributed by atoms with Crippen molar-refractivity contribution < 1.29 is 28.7 Å². The Bertz CT molecular complexity index is 1950. The SMILES string of the molecule is CC(C)(C)OC(=O)Nc1ccc(NC(=O)c2cccc3cccnc23)cc1.Cn1cccc1C(=O)Nc1ccc(NC(=O)OC(C)(C)C)cc1. The van der Waals surface area contributed by atoms with Gasteiger partial charge in [-0.1, -0.05) is 18.2 Å². The van der Waals surface area contributed by atoms with Crippen LogP contribution >= 0.6 is 0 Å². The molecule has 0 unspecified atom stereocenters. The standard InChI is InChI=1S/C21H21N3O3.C17H21N3O3/c1-21(2,3)27-20(26)24-16-11-9-15(10-12-16)23-19(25)17-8-4-6-14-7-5-13-22-18(14)17;1-17(2,3)23-16(22)19-13-9-7-12(8-10-13)18-15(21)14-6-5-11-20(14)4/h4-13H,1-3H3,(H,23,25)(H,24,26);5-11H,1-4H3,(H,18,21)(H,19,22). The van der Waals surface area contributed by atoms with E-state index in [0.717, 1.165) is 5.39 Å². The van der Waals surface area contributed by atoms with Crippen molar-refractivity contribution in [2.45, 2.75) is 52.7 Å². The number of amides is 4. The van der Waals surface area contributed by atoms with Gasteiger partial charge in [-0.15, -0.1) is 0 Å². The number of para-hydroxylation sites is 1. The first-order valence-corrected chi connectivity index (χ1v) is 15.8. The Labute approximate surface area is 291 Å². The number of hydrogen-bond acceptors (Lipinski definition) is 7. The van der Waals surface area contributed by atoms with Gasteiger partial charge in [0.2, 0.25) is 0 Å². The Morgan fingerprint density at radius 2 is 1.04 bits per heavy atom. The van der Waals surface area contributed by atoms with Crippen LogP contribution in [0.3, 0.4) is 0 Å². The lowest BCUT2D eigenvalue weighted by Gasteiger charge is -2.19. The summed E-state index contributed by atoms with van der Waals surface area (Å²) in [4.78, 5) is 52.5. The summed E-state index contributed by atoms with van der Waals surface area (Å²) in [7, 11) is 1.81. The van der Waals surface area contributed by atoms with Crippen molar-refractivity contribution in [2.24, 2.45) is 7.05 Å². The zero-order chi connectivity index (χ0) is 36.5. The molecule has 50 heavy (non-hydrogen) atoms. The number of rotatable bonds is 6. The number of fused-ring (bicyclic) bond motifs is 1. The van der Waals surface area contributed by atoms with E-state index in [1.165, 1.54) is 0 Å². The molecule has 0 spiro atoms. The van der Waals surface area contributed by atoms with Crippen molar-refractivity contribution in [3.63, 3.8) is 0 Å². The number of carbonyl (C=O) groups excluding carboxylic acids is 4. The van der Waals surface area contributed by atoms with Gasteiger partial charge >= 0.3 is 12.2 Å². The van der Waals surface area contributed by atoms with Gasteiger partial charge in [0.1, 0.15) is 16.9 Å². The number of ether oxygens (including phenoxy) is 2. The normalized spacial score (nSPS) is 11.0. The van der Waals surface area contributed by atoms with E-state index in [2.05, 4.69) is 26.3 Å². The van der Waals surface area contributed by atoms with Crippen molar-refractivity contribution in [1.82, 2.24) is 9.55 Å². The lowest BCUT2D eigenvalue weighted by Crippen LogP contribution is -2.27. The Morgan fingerprint density at radius 1 is 0.580 bits per heavy atom. The van der Waals surface area contributed by atoms with Crippen LogP contribution in [0.1, 0.15) is 62.4 Å². The molecule has 12 nitrogen and oxygen atoms in total. The first kappa shape index (κ1) is 36.7. The molecule has 0 aliphatic rings. The second kappa shape index (κ2) is 15.8. The summed E-state index contributed by atoms with van der Waals surface area (Å²) >= 11 is 0. The lowest BCUT2D eigenvalue weighted by molar-refractivity contribution is 0.0624. The number of aryl methyl sites for hydroxylation is 1. The van der Waals surface area contributed by atoms with Gasteiger partial charge in [0, 0.05) is 47.6 Å². The number of nitrogens with zero attached hydrogens (tertiary/aromatic N) is 2. The minimum Gasteiger partial charge on any atom is -0.444 e. The number of carbonyl (C=O) groups is 4. The molecular weight excluding hydrogens is 636 g/mol. The van der Waals surface area contributed by atoms with E-state index in [9.17, 15) is 19.2 Å². The monoisotopic (exact) mass is 678 g/mol. The highest BCUT2D eigenvalue weighted by Crippen LogP contribution is 2.20. The van der Waals surface area contributed by atoms with Gasteiger partial charge in [-0.2, -0.15) is 0 Å². The molecule has 0 saturated heterocycles. The molecule has 4 N–H and O–H groups in total. The summed E-state index contributed by atoms with van der Waals surface area (Å²) < 4.78 is 12.1. The van der Waals surface area contributed by atoms with Crippen LogP contribution in [-0.4, -0.2) is 44.8 Å². The van der Waals surface area contributed by atoms with E-state index < -0.39 is 23.4 Å². The van der Waals surface area contributed by atoms with Crippen LogP contribution in [0, 0.1) is 0 Å². The van der Waals surface area contributed by atoms with Crippen LogP contribution in [0.2, 0.25) is 0 Å². The van der Waals surface area contributed by atoms with Crippen LogP contribution in [-0.2, 0) is 16.5 Å². The number of anilines is 4. The van der Waals surface area contributed by atoms with Gasteiger partial charge < -0.3 is 24.7 Å². The van der Waals surface area contributed by atoms with Crippen molar-refractivity contribution in [3.8, 4) is 0 Å². The number of nitrogens with one attached hydrogen (secondary N) is 4. The van der Waals surface area contributed by atoms with E-state index in [1.54, 1.807) is 113 Å². The number of aromatic nitrogens is 2. The van der Waals surface area contributed by atoms with Gasteiger partial charge in [-0.25, -0.2) is 9.59 Å². The molecule has 5 aromatic rings. The molecule has 12 heteroatoms. The molecule has 5 rings (SSSR count). The van der Waals surface area contributed by atoms with Crippen LogP contribution in [0.4, 0.5) is 32.3 Å². The Kier molecular flexibility index (Phi) is 11.6. The zero-order valence-electron chi connectivity index (χ0n) is 29.2. The fourth-order valence-electron chi connectivity index (χ4n) is 4.49. The molecule has 0 fully saturated rings. The number of hydrogen-bond donors (Lipinski definition) is 4. The Hall–Kier alpha value is -6.17. The van der Waals surface area contributed by atoms with E-state index in [4.69, 9.17) is 9.47 Å². The van der Waals surface area contributed by atoms with Crippen LogP contribution in [0.5, 0.6) is 0 Å². The second-order valence-corrected chi connectivity index (χ2v) is 13.2. The zero-order valence-corrected chi connectivity index (χ0v) is 29.2. The predicted molar refractivity (Wildman–Crippen MR) is 196 cm³/mol. The maximum Gasteiger partial charge on any atom is 0.412 e. The summed E-state index contributed by atoms with van der Waals surface area (Å²) in [6.45, 7) is 10.8. The minimum atomic E-state index is -0.565. The fraction of sp³-hybridized carbons (Fsp3) is 0.237. The van der Waals surface area contributed by atoms with Crippen LogP contribution < -0.4 is 21.3 Å². The third-order valence-electron chi connectivity index (χ3n) is 6.63. The van der Waals surface area contributed by atoms with E-state index >= 15 is 0 Å². The molecule has 0 bridgehead atoms. The average Bonchev–Trinajstić information content (AvgIpc) is 3.47. The predicted octanol–water partition coefficient (Wildman–Crippen LogP) is 8.46. The molecule has 2 heterocycles. The summed E-state index contributed by atoms with van der Waals surface area (Å²) in [5.41, 5.74) is 3.04. The molecule has 2 aromatic heterocycles. The molecule has 0 aliphatic heterocycles. The molecule has 3 aromatic carbocycles. The number of pyridine rings is 1. The average molecular weight is 679 g/mol. The number of benzene rings is 3. The van der Waals surface area contributed by atoms with E-state index in [1.807, 2.05) is 43.6 Å². The van der Waals surface area contributed by atoms with Crippen LogP contribution in [0.25, 0.3) is 10.9 Å². The third kappa shape index (κ3) is 11.2. The van der Waals surface area contributed by atoms with Gasteiger partial charge in [-0.05, 0) is 114 Å². The highest BCUT2D eigenvalue weighted by Gasteiger charge is 2.18. The third-order valence-corrected chi connectivity index (χ3v) is 6.63. The van der Waals surface area contributed by atoms with Gasteiger partial charge in [0.15, 0.2) is 0 Å². The largest absolute Gasteiger partial charge is 0.444 e. The highest BCUT2D eigenvalue weighted by molar-refractivity contribution is 6.11. The molecule has 0 aliphatic carbocycles. The topological polar surface area (TPSA) is 153 Å². The fourth-order valence-corrected chi connectivity index (χ4v) is 4.49. The summed E-state index contributed by atoms with van der Waals surface area (Å²) in [5, 5.41) is 11.8. The molecule has 0 radical (unpaired) electrons. The van der Waals surface area contributed by atoms with E-state index in [0.29, 0.717) is 39.5 Å². The maximum absolute atomic E-state index is 12.6. The van der Waals surface area contributed by atoms with Crippen LogP contribution in [0.15, 0.2) is 103 Å². The lowest BCUT2D eigenvalue weighted by atomic mass is 10.1. The minimum absolute atomic E-state index is 0.189. The Morgan fingerprint density at radius 3 is 1.50 bits per heavy atom. The van der Waals surface area contributed by atoms with Crippen molar-refractivity contribution in [2.75, 3.05) is 21.3 Å². The molecule has 0 atom stereocenters. The maximum atomic E-state index is 12.6. The van der Waals surface area contributed by atoms with Gasteiger partial charge in [0.25, 0.3) is 11.8 Å². The smallest absolute Gasteiger partial charge is 0.412 e. The molecular formula is C38H42N6O6. The molecule has 260 valence electrons. The second-order valence-electron chi connectivity index (χ2n) is 13.2. The van der Waals surface area contributed by atoms with E-state index in [-0.39, 0.29) is 11.8 Å². The Balaban J connectivity index is 0.000000228. The molecule has 0 saturated carbocycles. The first-order valence-electron chi connectivity index (χ1n) is 15.8. The molecule has 4 amide bonds. The summed E-state index contributed by atoms with van der Waals surface area (Å²) in [6.07, 6.45) is 2.43. The van der Waals surface area contributed by atoms with Crippen molar-refractivity contribution in [3.05, 3.63) is 115 Å².